The lowest BCUT2D eigenvalue weighted by atomic mass is 10.2. The Kier molecular flexibility index (Phi) is 4.76. The Bertz CT molecular complexity index is 822. The number of ether oxygens (including phenoxy) is 1. The van der Waals surface area contributed by atoms with E-state index in [1.54, 1.807) is 13.0 Å². The number of nitrogens with one attached hydrogen (secondary N) is 1. The first-order valence-corrected chi connectivity index (χ1v) is 8.08. The van der Waals surface area contributed by atoms with Crippen molar-refractivity contribution in [2.75, 3.05) is 4.72 Å². The summed E-state index contributed by atoms with van der Waals surface area (Å²) in [5, 5.41) is 0.436. The molecule has 2 rings (SSSR count). The van der Waals surface area contributed by atoms with Gasteiger partial charge in [0, 0.05) is 11.1 Å². The van der Waals surface area contributed by atoms with Gasteiger partial charge in [0.1, 0.15) is 5.75 Å². The summed E-state index contributed by atoms with van der Waals surface area (Å²) in [4.78, 5) is -0.353. The van der Waals surface area contributed by atoms with Gasteiger partial charge in [0.05, 0.1) is 10.6 Å². The van der Waals surface area contributed by atoms with Crippen LogP contribution in [0.3, 0.4) is 0 Å². The molecule has 4 nitrogen and oxygen atoms in total. The first-order chi connectivity index (χ1) is 10.6. The van der Waals surface area contributed by atoms with E-state index in [0.29, 0.717) is 10.6 Å². The summed E-state index contributed by atoms with van der Waals surface area (Å²) in [5.41, 5.74) is 0.848. The molecule has 0 heterocycles. The number of benzene rings is 2. The van der Waals surface area contributed by atoms with Crippen molar-refractivity contribution in [2.24, 2.45) is 0 Å². The van der Waals surface area contributed by atoms with Crippen LogP contribution in [0.15, 0.2) is 47.4 Å². The Balaban J connectivity index is 2.31. The molecule has 124 valence electrons. The second-order valence-electron chi connectivity index (χ2n) is 4.59. The third kappa shape index (κ3) is 4.77. The molecule has 0 aliphatic heterocycles. The van der Waals surface area contributed by atoms with Crippen LogP contribution in [-0.4, -0.2) is 14.8 Å². The molecular weight excluding hydrogens is 355 g/mol. The SMILES string of the molecule is Cc1cc(Cl)ccc1NS(=O)(=O)c1cccc(OC(F)(F)F)c1. The van der Waals surface area contributed by atoms with E-state index < -0.39 is 22.1 Å². The number of rotatable bonds is 4. The van der Waals surface area contributed by atoms with Crippen molar-refractivity contribution < 1.29 is 26.3 Å². The van der Waals surface area contributed by atoms with Gasteiger partial charge in [0.25, 0.3) is 10.0 Å². The van der Waals surface area contributed by atoms with E-state index >= 15 is 0 Å². The fourth-order valence-electron chi connectivity index (χ4n) is 1.78. The standard InChI is InChI=1S/C14H11ClF3NO3S/c1-9-7-10(15)5-6-13(9)19-23(20,21)12-4-2-3-11(8-12)22-14(16,17)18/h2-8,19H,1H3. The molecule has 0 aromatic heterocycles. The maximum absolute atomic E-state index is 12.3. The van der Waals surface area contributed by atoms with Gasteiger partial charge in [0.2, 0.25) is 0 Å². The minimum atomic E-state index is -4.90. The van der Waals surface area contributed by atoms with Gasteiger partial charge >= 0.3 is 6.36 Å². The molecule has 0 amide bonds. The number of aryl methyl sites for hydroxylation is 1. The van der Waals surface area contributed by atoms with Gasteiger partial charge in [-0.25, -0.2) is 8.42 Å². The Labute approximate surface area is 135 Å². The highest BCUT2D eigenvalue weighted by Gasteiger charge is 2.31. The smallest absolute Gasteiger partial charge is 0.406 e. The van der Waals surface area contributed by atoms with Crippen LogP contribution in [0.4, 0.5) is 18.9 Å². The molecule has 0 saturated heterocycles. The first kappa shape index (κ1) is 17.4. The third-order valence-electron chi connectivity index (χ3n) is 2.78. The quantitative estimate of drug-likeness (QED) is 0.876. The van der Waals surface area contributed by atoms with E-state index in [0.717, 1.165) is 24.3 Å². The summed E-state index contributed by atoms with van der Waals surface area (Å²) in [6.07, 6.45) is -4.90. The molecule has 0 radical (unpaired) electrons. The maximum atomic E-state index is 12.3. The van der Waals surface area contributed by atoms with Gasteiger partial charge in [-0.1, -0.05) is 17.7 Å². The molecule has 2 aromatic rings. The van der Waals surface area contributed by atoms with Crippen molar-refractivity contribution in [3.05, 3.63) is 53.1 Å². The predicted molar refractivity (Wildman–Crippen MR) is 80.1 cm³/mol. The highest BCUT2D eigenvalue weighted by Crippen LogP contribution is 2.27. The fourth-order valence-corrected chi connectivity index (χ4v) is 3.18. The van der Waals surface area contributed by atoms with Crippen molar-refractivity contribution in [3.8, 4) is 5.75 Å². The average molecular weight is 366 g/mol. The zero-order valence-electron chi connectivity index (χ0n) is 11.7. The van der Waals surface area contributed by atoms with Crippen LogP contribution in [-0.2, 0) is 10.0 Å². The number of alkyl halides is 3. The Morgan fingerprint density at radius 3 is 2.43 bits per heavy atom. The molecule has 0 bridgehead atoms. The lowest BCUT2D eigenvalue weighted by Gasteiger charge is -2.13. The van der Waals surface area contributed by atoms with Crippen LogP contribution in [0.5, 0.6) is 5.75 Å². The van der Waals surface area contributed by atoms with E-state index in [4.69, 9.17) is 11.6 Å². The summed E-state index contributed by atoms with van der Waals surface area (Å²) in [7, 11) is -4.07. The number of hydrogen-bond acceptors (Lipinski definition) is 3. The van der Waals surface area contributed by atoms with Gasteiger partial charge in [0.15, 0.2) is 0 Å². The maximum Gasteiger partial charge on any atom is 0.573 e. The fraction of sp³-hybridized carbons (Fsp3) is 0.143. The second-order valence-corrected chi connectivity index (χ2v) is 6.71. The number of sulfonamides is 1. The second kappa shape index (κ2) is 6.29. The van der Waals surface area contributed by atoms with Gasteiger partial charge in [-0.15, -0.1) is 13.2 Å². The molecule has 0 unspecified atom stereocenters. The van der Waals surface area contributed by atoms with E-state index in [1.165, 1.54) is 12.1 Å². The average Bonchev–Trinajstić information content (AvgIpc) is 2.40. The molecule has 0 fully saturated rings. The Morgan fingerprint density at radius 2 is 1.83 bits per heavy atom. The van der Waals surface area contributed by atoms with Crippen LogP contribution in [0, 0.1) is 6.92 Å². The van der Waals surface area contributed by atoms with Crippen LogP contribution in [0.2, 0.25) is 5.02 Å². The Hall–Kier alpha value is -1.93. The normalized spacial score (nSPS) is 12.0. The van der Waals surface area contributed by atoms with Crippen molar-refractivity contribution in [2.45, 2.75) is 18.2 Å². The van der Waals surface area contributed by atoms with Gasteiger partial charge in [-0.2, -0.15) is 0 Å². The van der Waals surface area contributed by atoms with Crippen molar-refractivity contribution >= 4 is 27.3 Å². The van der Waals surface area contributed by atoms with Gasteiger partial charge < -0.3 is 4.74 Å². The van der Waals surface area contributed by atoms with E-state index in [1.807, 2.05) is 0 Å². The molecule has 0 atom stereocenters. The van der Waals surface area contributed by atoms with Crippen LogP contribution in [0.25, 0.3) is 0 Å². The molecule has 0 spiro atoms. The van der Waals surface area contributed by atoms with Crippen LogP contribution < -0.4 is 9.46 Å². The summed E-state index contributed by atoms with van der Waals surface area (Å²) < 4.78 is 67.2. The largest absolute Gasteiger partial charge is 0.573 e. The van der Waals surface area contributed by atoms with Crippen LogP contribution >= 0.6 is 11.6 Å². The van der Waals surface area contributed by atoms with E-state index in [-0.39, 0.29) is 10.6 Å². The number of anilines is 1. The van der Waals surface area contributed by atoms with Crippen LogP contribution in [0.1, 0.15) is 5.56 Å². The van der Waals surface area contributed by atoms with Gasteiger partial charge in [-0.3, -0.25) is 4.72 Å². The molecule has 0 saturated carbocycles. The highest BCUT2D eigenvalue weighted by molar-refractivity contribution is 7.92. The van der Waals surface area contributed by atoms with Crippen molar-refractivity contribution in [1.82, 2.24) is 0 Å². The summed E-state index contributed by atoms with van der Waals surface area (Å²) in [6, 6.07) is 8.64. The predicted octanol–water partition coefficient (Wildman–Crippen LogP) is 4.35. The minimum Gasteiger partial charge on any atom is -0.406 e. The van der Waals surface area contributed by atoms with E-state index in [9.17, 15) is 21.6 Å². The summed E-state index contributed by atoms with van der Waals surface area (Å²) >= 11 is 5.79. The summed E-state index contributed by atoms with van der Waals surface area (Å²) in [5.74, 6) is -0.617. The minimum absolute atomic E-state index is 0.275. The topological polar surface area (TPSA) is 55.4 Å². The Morgan fingerprint density at radius 1 is 1.13 bits per heavy atom. The molecule has 23 heavy (non-hydrogen) atoms. The number of hydrogen-bond donors (Lipinski definition) is 1. The molecule has 0 aliphatic rings. The first-order valence-electron chi connectivity index (χ1n) is 6.22. The summed E-state index contributed by atoms with van der Waals surface area (Å²) in [6.45, 7) is 1.65. The zero-order chi connectivity index (χ0) is 17.3. The zero-order valence-corrected chi connectivity index (χ0v) is 13.3. The van der Waals surface area contributed by atoms with Crippen molar-refractivity contribution in [3.63, 3.8) is 0 Å². The lowest BCUT2D eigenvalue weighted by molar-refractivity contribution is -0.274. The highest BCUT2D eigenvalue weighted by atomic mass is 35.5. The molecule has 0 aliphatic carbocycles. The number of halogens is 4. The molecule has 1 N–H and O–H groups in total. The van der Waals surface area contributed by atoms with E-state index in [2.05, 4.69) is 9.46 Å². The third-order valence-corrected chi connectivity index (χ3v) is 4.38. The molecule has 9 heteroatoms. The van der Waals surface area contributed by atoms with Gasteiger partial charge in [-0.05, 0) is 42.8 Å². The monoisotopic (exact) mass is 365 g/mol. The van der Waals surface area contributed by atoms with Crippen molar-refractivity contribution in [1.29, 1.82) is 0 Å². The molecular formula is C14H11ClF3NO3S. The lowest BCUT2D eigenvalue weighted by Crippen LogP contribution is -2.18. The molecule has 2 aromatic carbocycles.